The summed E-state index contributed by atoms with van der Waals surface area (Å²) in [4.78, 5) is 40.0. The number of aryl methyl sites for hydroxylation is 1. The summed E-state index contributed by atoms with van der Waals surface area (Å²) < 4.78 is 5.23. The Balaban J connectivity index is 1.84. The first-order valence-corrected chi connectivity index (χ1v) is 11.0. The quantitative estimate of drug-likeness (QED) is 0.248. The van der Waals surface area contributed by atoms with Gasteiger partial charge in [0, 0.05) is 11.3 Å². The Labute approximate surface area is 198 Å². The molecule has 1 amide bonds. The topological polar surface area (TPSA) is 83.9 Å². The Morgan fingerprint density at radius 3 is 2.21 bits per heavy atom. The zero-order chi connectivity index (χ0) is 24.4. The van der Waals surface area contributed by atoms with Crippen LogP contribution in [0.5, 0.6) is 0 Å². The summed E-state index contributed by atoms with van der Waals surface area (Å²) in [5.74, 6) is -2.22. The van der Waals surface area contributed by atoms with Crippen LogP contribution in [0.15, 0.2) is 84.4 Å². The standard InChI is InChI=1S/C28H25NO5/c1-17(2)34-28(33)20-12-14-22(15-13-20)29-24(21-11-7-8-18(3)16-21)23(26(31)27(29)32)25(30)19-9-5-4-6-10-19/h4-17,24,30H,1-3H3/b25-23+. The predicted molar refractivity (Wildman–Crippen MR) is 129 cm³/mol. The second-order valence-corrected chi connectivity index (χ2v) is 8.45. The number of carbonyl (C=O) groups excluding carboxylic acids is 3. The molecule has 0 spiro atoms. The van der Waals surface area contributed by atoms with Gasteiger partial charge in [-0.3, -0.25) is 14.5 Å². The average molecular weight is 456 g/mol. The Morgan fingerprint density at radius 1 is 0.912 bits per heavy atom. The maximum atomic E-state index is 13.2. The smallest absolute Gasteiger partial charge is 0.338 e. The van der Waals surface area contributed by atoms with E-state index in [4.69, 9.17) is 4.74 Å². The Bertz CT molecular complexity index is 1280. The minimum atomic E-state index is -0.825. The highest BCUT2D eigenvalue weighted by molar-refractivity contribution is 6.51. The lowest BCUT2D eigenvalue weighted by Crippen LogP contribution is -2.29. The number of nitrogens with zero attached hydrogens (tertiary/aromatic N) is 1. The number of ether oxygens (including phenoxy) is 1. The van der Waals surface area contributed by atoms with Crippen LogP contribution in [-0.2, 0) is 14.3 Å². The SMILES string of the molecule is Cc1cccc(C2/C(=C(\O)c3ccccc3)C(=O)C(=O)N2c2ccc(C(=O)OC(C)C)cc2)c1. The first-order chi connectivity index (χ1) is 16.3. The molecule has 0 aromatic heterocycles. The molecular formula is C28H25NO5. The van der Waals surface area contributed by atoms with E-state index in [1.165, 1.54) is 4.90 Å². The first-order valence-electron chi connectivity index (χ1n) is 11.0. The lowest BCUT2D eigenvalue weighted by Gasteiger charge is -2.26. The number of esters is 1. The van der Waals surface area contributed by atoms with Gasteiger partial charge in [0.05, 0.1) is 23.3 Å². The largest absolute Gasteiger partial charge is 0.507 e. The molecule has 1 fully saturated rings. The molecular weight excluding hydrogens is 430 g/mol. The molecule has 1 saturated heterocycles. The normalized spacial score (nSPS) is 17.3. The average Bonchev–Trinajstić information content (AvgIpc) is 3.09. The van der Waals surface area contributed by atoms with Crippen LogP contribution in [-0.4, -0.2) is 28.9 Å². The van der Waals surface area contributed by atoms with E-state index in [1.807, 2.05) is 31.2 Å². The minimum absolute atomic E-state index is 0.0186. The van der Waals surface area contributed by atoms with E-state index < -0.39 is 23.7 Å². The number of Topliss-reactive ketones (excluding diaryl/α,β-unsaturated/α-hetero) is 1. The predicted octanol–water partition coefficient (Wildman–Crippen LogP) is 5.19. The van der Waals surface area contributed by atoms with Crippen LogP contribution >= 0.6 is 0 Å². The number of rotatable bonds is 5. The van der Waals surface area contributed by atoms with Gasteiger partial charge in [-0.05, 0) is 50.6 Å². The number of aliphatic hydroxyl groups is 1. The molecule has 1 atom stereocenters. The highest BCUT2D eigenvalue weighted by Gasteiger charge is 2.47. The van der Waals surface area contributed by atoms with E-state index in [9.17, 15) is 19.5 Å². The monoisotopic (exact) mass is 455 g/mol. The number of carbonyl (C=O) groups is 3. The van der Waals surface area contributed by atoms with Crippen LogP contribution in [0.3, 0.4) is 0 Å². The van der Waals surface area contributed by atoms with Crippen molar-refractivity contribution < 1.29 is 24.2 Å². The number of aliphatic hydroxyl groups excluding tert-OH is 1. The van der Waals surface area contributed by atoms with E-state index in [-0.39, 0.29) is 17.4 Å². The Kier molecular flexibility index (Phi) is 6.32. The van der Waals surface area contributed by atoms with E-state index >= 15 is 0 Å². The van der Waals surface area contributed by atoms with Crippen molar-refractivity contribution in [3.8, 4) is 0 Å². The number of amides is 1. The lowest BCUT2D eigenvalue weighted by atomic mass is 9.94. The zero-order valence-electron chi connectivity index (χ0n) is 19.2. The molecule has 3 aromatic rings. The summed E-state index contributed by atoms with van der Waals surface area (Å²) in [7, 11) is 0. The van der Waals surface area contributed by atoms with Crippen molar-refractivity contribution in [2.24, 2.45) is 0 Å². The summed E-state index contributed by atoms with van der Waals surface area (Å²) in [6.07, 6.45) is -0.260. The van der Waals surface area contributed by atoms with Gasteiger partial charge in [0.2, 0.25) is 0 Å². The van der Waals surface area contributed by atoms with Gasteiger partial charge < -0.3 is 9.84 Å². The summed E-state index contributed by atoms with van der Waals surface area (Å²) in [5.41, 5.74) is 2.89. The van der Waals surface area contributed by atoms with Crippen LogP contribution in [0.1, 0.15) is 46.9 Å². The third-order valence-electron chi connectivity index (χ3n) is 5.57. The van der Waals surface area contributed by atoms with Crippen LogP contribution < -0.4 is 4.90 Å². The zero-order valence-corrected chi connectivity index (χ0v) is 19.2. The molecule has 0 aliphatic carbocycles. The molecule has 3 aromatic carbocycles. The molecule has 1 aliphatic heterocycles. The number of benzene rings is 3. The Hall–Kier alpha value is -4.19. The second-order valence-electron chi connectivity index (χ2n) is 8.45. The van der Waals surface area contributed by atoms with Crippen molar-refractivity contribution >= 4 is 29.1 Å². The third-order valence-corrected chi connectivity index (χ3v) is 5.57. The first kappa shape index (κ1) is 23.0. The van der Waals surface area contributed by atoms with Gasteiger partial charge in [0.15, 0.2) is 0 Å². The fourth-order valence-corrected chi connectivity index (χ4v) is 4.05. The molecule has 6 nitrogen and oxygen atoms in total. The number of hydrogen-bond acceptors (Lipinski definition) is 5. The number of anilines is 1. The van der Waals surface area contributed by atoms with Gasteiger partial charge in [0.1, 0.15) is 5.76 Å². The molecule has 1 aliphatic rings. The summed E-state index contributed by atoms with van der Waals surface area (Å²) in [6.45, 7) is 5.45. The van der Waals surface area contributed by atoms with Crippen molar-refractivity contribution in [1.29, 1.82) is 0 Å². The molecule has 172 valence electrons. The molecule has 6 heteroatoms. The number of ketones is 1. The third kappa shape index (κ3) is 4.35. The van der Waals surface area contributed by atoms with E-state index in [2.05, 4.69) is 0 Å². The molecule has 0 saturated carbocycles. The van der Waals surface area contributed by atoms with Gasteiger partial charge in [-0.15, -0.1) is 0 Å². The van der Waals surface area contributed by atoms with Crippen molar-refractivity contribution in [1.82, 2.24) is 0 Å². The molecule has 1 N–H and O–H groups in total. The molecule has 0 bridgehead atoms. The fourth-order valence-electron chi connectivity index (χ4n) is 4.05. The van der Waals surface area contributed by atoms with E-state index in [1.54, 1.807) is 68.4 Å². The second kappa shape index (κ2) is 9.35. The summed E-state index contributed by atoms with van der Waals surface area (Å²) >= 11 is 0. The summed E-state index contributed by atoms with van der Waals surface area (Å²) in [6, 6.07) is 21.7. The van der Waals surface area contributed by atoms with Crippen LogP contribution in [0.4, 0.5) is 5.69 Å². The molecule has 0 radical (unpaired) electrons. The van der Waals surface area contributed by atoms with Gasteiger partial charge in [0.25, 0.3) is 11.7 Å². The van der Waals surface area contributed by atoms with E-state index in [0.717, 1.165) is 5.56 Å². The highest BCUT2D eigenvalue weighted by Crippen LogP contribution is 2.42. The minimum Gasteiger partial charge on any atom is -0.507 e. The van der Waals surface area contributed by atoms with Crippen molar-refractivity contribution in [3.05, 3.63) is 107 Å². The fraction of sp³-hybridized carbons (Fsp3) is 0.179. The highest BCUT2D eigenvalue weighted by atomic mass is 16.5. The Morgan fingerprint density at radius 2 is 1.59 bits per heavy atom. The van der Waals surface area contributed by atoms with Gasteiger partial charge in [-0.25, -0.2) is 4.79 Å². The van der Waals surface area contributed by atoms with Crippen LogP contribution in [0.25, 0.3) is 5.76 Å². The lowest BCUT2D eigenvalue weighted by molar-refractivity contribution is -0.132. The van der Waals surface area contributed by atoms with Crippen LogP contribution in [0, 0.1) is 6.92 Å². The van der Waals surface area contributed by atoms with Crippen LogP contribution in [0.2, 0.25) is 0 Å². The van der Waals surface area contributed by atoms with Crippen molar-refractivity contribution in [2.75, 3.05) is 4.90 Å². The van der Waals surface area contributed by atoms with Crippen molar-refractivity contribution in [2.45, 2.75) is 32.9 Å². The van der Waals surface area contributed by atoms with Crippen molar-refractivity contribution in [3.63, 3.8) is 0 Å². The molecule has 1 heterocycles. The van der Waals surface area contributed by atoms with Gasteiger partial charge in [-0.2, -0.15) is 0 Å². The van der Waals surface area contributed by atoms with Gasteiger partial charge >= 0.3 is 5.97 Å². The van der Waals surface area contributed by atoms with Gasteiger partial charge in [-0.1, -0.05) is 60.2 Å². The maximum Gasteiger partial charge on any atom is 0.338 e. The molecule has 1 unspecified atom stereocenters. The van der Waals surface area contributed by atoms with E-state index in [0.29, 0.717) is 22.4 Å². The number of hydrogen-bond donors (Lipinski definition) is 1. The molecule has 4 rings (SSSR count). The maximum absolute atomic E-state index is 13.2. The summed E-state index contributed by atoms with van der Waals surface area (Å²) in [5, 5.41) is 11.1. The molecule has 34 heavy (non-hydrogen) atoms.